The molecule has 0 aliphatic carbocycles. The van der Waals surface area contributed by atoms with Crippen LogP contribution in [0, 0.1) is 10.1 Å². The van der Waals surface area contributed by atoms with Gasteiger partial charge in [0.05, 0.1) is 16.0 Å². The minimum Gasteiger partial charge on any atom is -0.484 e. The third-order valence-electron chi connectivity index (χ3n) is 3.51. The fourth-order valence-corrected chi connectivity index (χ4v) is 3.09. The van der Waals surface area contributed by atoms with E-state index in [1.54, 1.807) is 54.9 Å². The number of nitrogens with one attached hydrogen (secondary N) is 1. The van der Waals surface area contributed by atoms with E-state index in [0.717, 1.165) is 11.8 Å². The summed E-state index contributed by atoms with van der Waals surface area (Å²) in [5.74, 6) is 0.00809. The van der Waals surface area contributed by atoms with Crippen LogP contribution in [0.2, 0.25) is 5.02 Å². The van der Waals surface area contributed by atoms with Gasteiger partial charge in [0.2, 0.25) is 0 Å². The summed E-state index contributed by atoms with van der Waals surface area (Å²) < 4.78 is 5.30. The van der Waals surface area contributed by atoms with Crippen LogP contribution >= 0.6 is 23.4 Å². The first-order chi connectivity index (χ1) is 14.5. The number of hydrazone groups is 1. The Kier molecular flexibility index (Phi) is 7.30. The van der Waals surface area contributed by atoms with Gasteiger partial charge in [0.1, 0.15) is 5.75 Å². The van der Waals surface area contributed by atoms with Gasteiger partial charge in [0.15, 0.2) is 11.8 Å². The Balaban J connectivity index is 1.59. The summed E-state index contributed by atoms with van der Waals surface area (Å²) in [5.41, 5.74) is 2.63. The monoisotopic (exact) mass is 443 g/mol. The predicted molar refractivity (Wildman–Crippen MR) is 112 cm³/mol. The van der Waals surface area contributed by atoms with E-state index in [1.807, 2.05) is 0 Å². The fraction of sp³-hybridized carbons (Fsp3) is 0.0526. The number of hydrogen-bond acceptors (Lipinski definition) is 8. The van der Waals surface area contributed by atoms with Gasteiger partial charge >= 0.3 is 0 Å². The molecular weight excluding hydrogens is 430 g/mol. The van der Waals surface area contributed by atoms with Crippen molar-refractivity contribution in [3.8, 4) is 5.75 Å². The minimum absolute atomic E-state index is 0.117. The van der Waals surface area contributed by atoms with Crippen molar-refractivity contribution < 1.29 is 14.5 Å². The first-order valence-electron chi connectivity index (χ1n) is 8.45. The predicted octanol–water partition coefficient (Wildman–Crippen LogP) is 3.72. The molecule has 1 N–H and O–H groups in total. The number of benzene rings is 2. The summed E-state index contributed by atoms with van der Waals surface area (Å²) in [6.07, 6.45) is 4.42. The zero-order valence-electron chi connectivity index (χ0n) is 15.3. The molecule has 0 aliphatic heterocycles. The Bertz CT molecular complexity index is 1060. The summed E-state index contributed by atoms with van der Waals surface area (Å²) in [6, 6.07) is 12.8. The van der Waals surface area contributed by atoms with Crippen molar-refractivity contribution in [3.63, 3.8) is 0 Å². The highest BCUT2D eigenvalue weighted by atomic mass is 35.5. The molecule has 0 unspecified atom stereocenters. The Morgan fingerprint density at radius 3 is 2.67 bits per heavy atom. The van der Waals surface area contributed by atoms with Crippen molar-refractivity contribution in [2.45, 2.75) is 10.1 Å². The average Bonchev–Trinajstić information content (AvgIpc) is 2.75. The molecule has 1 aromatic heterocycles. The Labute approximate surface area is 180 Å². The SMILES string of the molecule is O=C(COc1ccc(Cl)cc1)N/N=C/c1ccc(Sc2ncccn2)c([N+](=O)[O-])c1. The van der Waals surface area contributed by atoms with E-state index in [0.29, 0.717) is 26.4 Å². The van der Waals surface area contributed by atoms with Crippen molar-refractivity contribution in [3.05, 3.63) is 81.6 Å². The van der Waals surface area contributed by atoms with Gasteiger partial charge < -0.3 is 4.74 Å². The van der Waals surface area contributed by atoms with Crippen LogP contribution in [0.3, 0.4) is 0 Å². The Morgan fingerprint density at radius 2 is 1.97 bits per heavy atom. The molecule has 1 heterocycles. The second-order valence-electron chi connectivity index (χ2n) is 5.65. The van der Waals surface area contributed by atoms with Crippen LogP contribution in [-0.4, -0.2) is 33.6 Å². The zero-order valence-corrected chi connectivity index (χ0v) is 16.8. The van der Waals surface area contributed by atoms with Crippen molar-refractivity contribution in [2.24, 2.45) is 5.10 Å². The number of carbonyl (C=O) groups is 1. The number of halogens is 1. The van der Waals surface area contributed by atoms with Crippen molar-refractivity contribution in [2.75, 3.05) is 6.61 Å². The van der Waals surface area contributed by atoms with Crippen LogP contribution in [0.1, 0.15) is 5.56 Å². The molecule has 1 amide bonds. The standard InChI is InChI=1S/C19H14ClN5O4S/c20-14-3-5-15(6-4-14)29-12-18(26)24-23-11-13-2-7-17(16(10-13)25(27)28)30-19-21-8-1-9-22-19/h1-11H,12H2,(H,24,26)/b23-11+. The highest BCUT2D eigenvalue weighted by Gasteiger charge is 2.16. The summed E-state index contributed by atoms with van der Waals surface area (Å²) >= 11 is 6.86. The molecule has 30 heavy (non-hydrogen) atoms. The highest BCUT2D eigenvalue weighted by Crippen LogP contribution is 2.33. The van der Waals surface area contributed by atoms with Gasteiger partial charge in [0.25, 0.3) is 11.6 Å². The van der Waals surface area contributed by atoms with Gasteiger partial charge in [-0.1, -0.05) is 17.7 Å². The van der Waals surface area contributed by atoms with Crippen LogP contribution in [-0.2, 0) is 4.79 Å². The second-order valence-corrected chi connectivity index (χ2v) is 7.10. The molecular formula is C19H14ClN5O4S. The first kappa shape index (κ1) is 21.2. The van der Waals surface area contributed by atoms with Crippen LogP contribution in [0.5, 0.6) is 5.75 Å². The molecule has 0 radical (unpaired) electrons. The number of rotatable bonds is 8. The Hall–Kier alpha value is -3.50. The normalized spacial score (nSPS) is 10.7. The van der Waals surface area contributed by atoms with Crippen LogP contribution in [0.25, 0.3) is 0 Å². The number of nitro benzene ring substituents is 1. The third-order valence-corrected chi connectivity index (χ3v) is 4.72. The number of nitrogens with zero attached hydrogens (tertiary/aromatic N) is 4. The number of nitro groups is 1. The highest BCUT2D eigenvalue weighted by molar-refractivity contribution is 7.99. The topological polar surface area (TPSA) is 120 Å². The van der Waals surface area contributed by atoms with Gasteiger partial charge in [-0.15, -0.1) is 0 Å². The lowest BCUT2D eigenvalue weighted by Gasteiger charge is -2.05. The smallest absolute Gasteiger partial charge is 0.283 e. The van der Waals surface area contributed by atoms with E-state index >= 15 is 0 Å². The number of ether oxygens (including phenoxy) is 1. The number of hydrogen-bond donors (Lipinski definition) is 1. The molecule has 0 saturated carbocycles. The molecule has 9 nitrogen and oxygen atoms in total. The molecule has 152 valence electrons. The van der Waals surface area contributed by atoms with Crippen LogP contribution < -0.4 is 10.2 Å². The lowest BCUT2D eigenvalue weighted by atomic mass is 10.2. The van der Waals surface area contributed by atoms with E-state index in [4.69, 9.17) is 16.3 Å². The van der Waals surface area contributed by atoms with E-state index in [-0.39, 0.29) is 12.3 Å². The number of aromatic nitrogens is 2. The van der Waals surface area contributed by atoms with Gasteiger partial charge in [-0.25, -0.2) is 15.4 Å². The summed E-state index contributed by atoms with van der Waals surface area (Å²) in [6.45, 7) is -0.244. The molecule has 0 aliphatic rings. The molecule has 3 aromatic rings. The molecule has 11 heteroatoms. The van der Waals surface area contributed by atoms with Crippen LogP contribution in [0.4, 0.5) is 5.69 Å². The quantitative estimate of drug-likeness (QED) is 0.244. The molecule has 0 bridgehead atoms. The summed E-state index contributed by atoms with van der Waals surface area (Å²) in [5, 5.41) is 16.2. The fourth-order valence-electron chi connectivity index (χ4n) is 2.17. The van der Waals surface area contributed by atoms with Gasteiger partial charge in [-0.3, -0.25) is 14.9 Å². The molecule has 2 aromatic carbocycles. The molecule has 0 fully saturated rings. The van der Waals surface area contributed by atoms with Crippen molar-refractivity contribution in [1.29, 1.82) is 0 Å². The minimum atomic E-state index is -0.499. The van der Waals surface area contributed by atoms with Crippen molar-refractivity contribution in [1.82, 2.24) is 15.4 Å². The average molecular weight is 444 g/mol. The third kappa shape index (κ3) is 6.26. The molecule has 0 atom stereocenters. The maximum absolute atomic E-state index is 11.8. The number of carbonyl (C=O) groups excluding carboxylic acids is 1. The van der Waals surface area contributed by atoms with Gasteiger partial charge in [0, 0.05) is 29.0 Å². The zero-order chi connectivity index (χ0) is 21.3. The lowest BCUT2D eigenvalue weighted by Crippen LogP contribution is -2.24. The molecule has 0 spiro atoms. The maximum atomic E-state index is 11.8. The number of amides is 1. The lowest BCUT2D eigenvalue weighted by molar-refractivity contribution is -0.387. The van der Waals surface area contributed by atoms with E-state index in [1.165, 1.54) is 12.3 Å². The summed E-state index contributed by atoms with van der Waals surface area (Å²) in [4.78, 5) is 31.2. The molecule has 0 saturated heterocycles. The largest absolute Gasteiger partial charge is 0.484 e. The van der Waals surface area contributed by atoms with E-state index in [2.05, 4.69) is 20.5 Å². The Morgan fingerprint density at radius 1 is 1.23 bits per heavy atom. The maximum Gasteiger partial charge on any atom is 0.283 e. The molecule has 3 rings (SSSR count). The van der Waals surface area contributed by atoms with Gasteiger partial charge in [-0.05, 0) is 48.2 Å². The van der Waals surface area contributed by atoms with E-state index < -0.39 is 10.8 Å². The first-order valence-corrected chi connectivity index (χ1v) is 9.64. The van der Waals surface area contributed by atoms with Gasteiger partial charge in [-0.2, -0.15) is 5.10 Å². The summed E-state index contributed by atoms with van der Waals surface area (Å²) in [7, 11) is 0. The van der Waals surface area contributed by atoms with E-state index in [9.17, 15) is 14.9 Å². The van der Waals surface area contributed by atoms with Crippen LogP contribution in [0.15, 0.2) is 76.1 Å². The van der Waals surface area contributed by atoms with Crippen molar-refractivity contribution >= 4 is 41.2 Å². The second kappa shape index (κ2) is 10.3.